The molecule has 0 bridgehead atoms. The van der Waals surface area contributed by atoms with Crippen molar-refractivity contribution in [2.24, 2.45) is 5.16 Å². The number of benzene rings is 1. The van der Waals surface area contributed by atoms with Gasteiger partial charge >= 0.3 is 0 Å². The highest BCUT2D eigenvalue weighted by molar-refractivity contribution is 8.18. The fraction of sp³-hybridized carbons (Fsp3) is 0.286. The van der Waals surface area contributed by atoms with Crippen LogP contribution >= 0.6 is 11.8 Å². The maximum absolute atomic E-state index is 11.6. The third-order valence-corrected chi connectivity index (χ3v) is 3.96. The highest BCUT2D eigenvalue weighted by atomic mass is 32.2. The number of thioether (sulfide) groups is 1. The number of nitrogens with one attached hydrogen (secondary N) is 1. The molecule has 1 fully saturated rings. The van der Waals surface area contributed by atoms with Gasteiger partial charge in [0.1, 0.15) is 0 Å². The Morgan fingerprint density at radius 1 is 1.30 bits per heavy atom. The molecule has 2 N–H and O–H groups in total. The first-order chi connectivity index (χ1) is 9.67. The smallest absolute Gasteiger partial charge is 0.264 e. The summed E-state index contributed by atoms with van der Waals surface area (Å²) < 4.78 is 0. The molecule has 0 atom stereocenters. The highest BCUT2D eigenvalue weighted by Crippen LogP contribution is 2.26. The number of amidine groups is 1. The fourth-order valence-corrected chi connectivity index (χ4v) is 2.73. The number of hydrogen-bond donors (Lipinski definition) is 2. The maximum atomic E-state index is 11.6. The average molecular weight is 291 g/mol. The van der Waals surface area contributed by atoms with E-state index in [-0.39, 0.29) is 11.1 Å². The van der Waals surface area contributed by atoms with Gasteiger partial charge in [0, 0.05) is 18.8 Å². The standard InChI is InChI=1S/C14H17N3O2S/c1-3-17(4-2)11-7-5-10(6-8-11)9-12-13(18)15-14(16-19)20-12/h5-9,19H,3-4H2,1-2H3,(H,15,16,18). The van der Waals surface area contributed by atoms with Crippen LogP contribution in [0.1, 0.15) is 19.4 Å². The molecule has 1 saturated heterocycles. The number of anilines is 1. The molecule has 1 heterocycles. The van der Waals surface area contributed by atoms with Gasteiger partial charge in [0.05, 0.1) is 4.91 Å². The van der Waals surface area contributed by atoms with Crippen LogP contribution in [0.15, 0.2) is 34.3 Å². The monoisotopic (exact) mass is 291 g/mol. The Labute approximate surface area is 122 Å². The SMILES string of the molecule is CCN(CC)c1ccc(C=C2SC(=NO)NC2=O)cc1. The summed E-state index contributed by atoms with van der Waals surface area (Å²) in [6.45, 7) is 6.17. The first-order valence-electron chi connectivity index (χ1n) is 6.45. The summed E-state index contributed by atoms with van der Waals surface area (Å²) in [6.07, 6.45) is 1.78. The first kappa shape index (κ1) is 14.5. The van der Waals surface area contributed by atoms with Crippen molar-refractivity contribution in [2.45, 2.75) is 13.8 Å². The van der Waals surface area contributed by atoms with Gasteiger partial charge in [-0.25, -0.2) is 0 Å². The quantitative estimate of drug-likeness (QED) is 0.508. The molecule has 1 aliphatic heterocycles. The molecule has 0 radical (unpaired) electrons. The lowest BCUT2D eigenvalue weighted by Crippen LogP contribution is -2.21. The van der Waals surface area contributed by atoms with E-state index in [0.29, 0.717) is 4.91 Å². The zero-order valence-electron chi connectivity index (χ0n) is 11.5. The molecule has 1 aliphatic rings. The van der Waals surface area contributed by atoms with Crippen molar-refractivity contribution >= 4 is 34.6 Å². The van der Waals surface area contributed by atoms with Crippen molar-refractivity contribution in [3.05, 3.63) is 34.7 Å². The number of rotatable bonds is 4. The molecule has 1 aromatic carbocycles. The third-order valence-electron chi connectivity index (χ3n) is 3.06. The van der Waals surface area contributed by atoms with E-state index < -0.39 is 0 Å². The van der Waals surface area contributed by atoms with Crippen LogP contribution in [0.3, 0.4) is 0 Å². The van der Waals surface area contributed by atoms with Crippen molar-refractivity contribution < 1.29 is 10.0 Å². The van der Waals surface area contributed by atoms with E-state index >= 15 is 0 Å². The number of nitrogens with zero attached hydrogens (tertiary/aromatic N) is 2. The minimum absolute atomic E-state index is 0.209. The minimum atomic E-state index is -0.240. The topological polar surface area (TPSA) is 64.9 Å². The van der Waals surface area contributed by atoms with Crippen LogP contribution in [0.4, 0.5) is 5.69 Å². The van der Waals surface area contributed by atoms with Gasteiger partial charge in [0.25, 0.3) is 5.91 Å². The van der Waals surface area contributed by atoms with E-state index in [0.717, 1.165) is 30.4 Å². The summed E-state index contributed by atoms with van der Waals surface area (Å²) >= 11 is 1.12. The van der Waals surface area contributed by atoms with E-state index in [1.165, 1.54) is 5.69 Å². The Kier molecular flexibility index (Phi) is 4.68. The van der Waals surface area contributed by atoms with Gasteiger partial charge in [0.15, 0.2) is 0 Å². The molecular formula is C14H17N3O2S. The molecule has 106 valence electrons. The van der Waals surface area contributed by atoms with Crippen LogP contribution < -0.4 is 10.2 Å². The molecular weight excluding hydrogens is 274 g/mol. The number of hydrogen-bond acceptors (Lipinski definition) is 5. The Morgan fingerprint density at radius 2 is 1.95 bits per heavy atom. The average Bonchev–Trinajstić information content (AvgIpc) is 2.82. The number of carbonyl (C=O) groups is 1. The summed E-state index contributed by atoms with van der Waals surface area (Å²) in [4.78, 5) is 14.4. The normalized spacial score (nSPS) is 18.6. The summed E-state index contributed by atoms with van der Waals surface area (Å²) in [5.41, 5.74) is 2.11. The summed E-state index contributed by atoms with van der Waals surface area (Å²) in [5.74, 6) is -0.240. The van der Waals surface area contributed by atoms with Crippen LogP contribution in [0.2, 0.25) is 0 Å². The summed E-state index contributed by atoms with van der Waals surface area (Å²) in [5, 5.41) is 14.3. The lowest BCUT2D eigenvalue weighted by atomic mass is 10.2. The molecule has 0 saturated carbocycles. The van der Waals surface area contributed by atoms with Gasteiger partial charge in [-0.1, -0.05) is 17.3 Å². The number of oxime groups is 1. The Balaban J connectivity index is 2.17. The van der Waals surface area contributed by atoms with Gasteiger partial charge < -0.3 is 10.1 Å². The Hall–Kier alpha value is -1.95. The molecule has 1 aromatic rings. The van der Waals surface area contributed by atoms with Crippen molar-refractivity contribution in [3.63, 3.8) is 0 Å². The summed E-state index contributed by atoms with van der Waals surface area (Å²) in [6, 6.07) is 8.03. The second kappa shape index (κ2) is 6.47. The van der Waals surface area contributed by atoms with Gasteiger partial charge in [-0.3, -0.25) is 10.1 Å². The van der Waals surface area contributed by atoms with Crippen LogP contribution in [0, 0.1) is 0 Å². The third kappa shape index (κ3) is 3.14. The molecule has 1 amide bonds. The van der Waals surface area contributed by atoms with E-state index in [4.69, 9.17) is 5.21 Å². The van der Waals surface area contributed by atoms with E-state index in [1.54, 1.807) is 6.08 Å². The van der Waals surface area contributed by atoms with Gasteiger partial charge in [-0.2, -0.15) is 0 Å². The predicted molar refractivity (Wildman–Crippen MR) is 82.9 cm³/mol. The van der Waals surface area contributed by atoms with Crippen LogP contribution in [-0.2, 0) is 4.79 Å². The van der Waals surface area contributed by atoms with E-state index in [9.17, 15) is 4.79 Å². The Morgan fingerprint density at radius 3 is 2.45 bits per heavy atom. The molecule has 0 aliphatic carbocycles. The minimum Gasteiger partial charge on any atom is -0.409 e. The highest BCUT2D eigenvalue weighted by Gasteiger charge is 2.23. The second-order valence-electron chi connectivity index (χ2n) is 4.23. The molecule has 6 heteroatoms. The zero-order chi connectivity index (χ0) is 14.5. The lowest BCUT2D eigenvalue weighted by molar-refractivity contribution is -0.115. The molecule has 0 spiro atoms. The molecule has 5 nitrogen and oxygen atoms in total. The van der Waals surface area contributed by atoms with Crippen molar-refractivity contribution in [1.29, 1.82) is 0 Å². The molecule has 20 heavy (non-hydrogen) atoms. The number of carbonyl (C=O) groups excluding carboxylic acids is 1. The van der Waals surface area contributed by atoms with Gasteiger partial charge in [-0.15, -0.1) is 0 Å². The van der Waals surface area contributed by atoms with Gasteiger partial charge in [0.2, 0.25) is 5.17 Å². The molecule has 0 unspecified atom stereocenters. The largest absolute Gasteiger partial charge is 0.409 e. The fourth-order valence-electron chi connectivity index (χ4n) is 2.00. The van der Waals surface area contributed by atoms with Crippen molar-refractivity contribution in [3.8, 4) is 0 Å². The summed E-state index contributed by atoms with van der Waals surface area (Å²) in [7, 11) is 0. The van der Waals surface area contributed by atoms with Crippen LogP contribution in [0.25, 0.3) is 6.08 Å². The molecule has 2 rings (SSSR count). The predicted octanol–water partition coefficient (Wildman–Crippen LogP) is 2.48. The second-order valence-corrected chi connectivity index (χ2v) is 5.26. The van der Waals surface area contributed by atoms with E-state index in [1.807, 2.05) is 24.3 Å². The molecule has 0 aromatic heterocycles. The number of amides is 1. The maximum Gasteiger partial charge on any atom is 0.264 e. The van der Waals surface area contributed by atoms with E-state index in [2.05, 4.69) is 29.2 Å². The van der Waals surface area contributed by atoms with Crippen LogP contribution in [-0.4, -0.2) is 29.4 Å². The lowest BCUT2D eigenvalue weighted by Gasteiger charge is -2.20. The van der Waals surface area contributed by atoms with Crippen molar-refractivity contribution in [2.75, 3.05) is 18.0 Å². The van der Waals surface area contributed by atoms with Crippen molar-refractivity contribution in [1.82, 2.24) is 5.32 Å². The Bertz CT molecular complexity index is 548. The van der Waals surface area contributed by atoms with Gasteiger partial charge in [-0.05, 0) is 49.4 Å². The van der Waals surface area contributed by atoms with Crippen LogP contribution in [0.5, 0.6) is 0 Å². The first-order valence-corrected chi connectivity index (χ1v) is 7.27. The zero-order valence-corrected chi connectivity index (χ0v) is 12.3.